The van der Waals surface area contributed by atoms with Crippen LogP contribution in [0.25, 0.3) is 22.4 Å². The second-order valence-corrected chi connectivity index (χ2v) is 12.2. The molecule has 0 bridgehead atoms. The summed E-state index contributed by atoms with van der Waals surface area (Å²) in [4.78, 5) is 9.89. The van der Waals surface area contributed by atoms with Crippen molar-refractivity contribution < 1.29 is 0 Å². The first kappa shape index (κ1) is 28.7. The fourth-order valence-electron chi connectivity index (χ4n) is 6.05. The van der Waals surface area contributed by atoms with Crippen LogP contribution in [0.2, 0.25) is 5.02 Å². The van der Waals surface area contributed by atoms with Crippen LogP contribution in [0, 0.1) is 42.4 Å². The first-order valence-corrected chi connectivity index (χ1v) is 13.6. The second kappa shape index (κ2) is 11.7. The van der Waals surface area contributed by atoms with E-state index in [0.29, 0.717) is 27.7 Å². The molecule has 1 heterocycles. The van der Waals surface area contributed by atoms with Crippen molar-refractivity contribution in [3.8, 4) is 35.2 Å². The largest absolute Gasteiger partial charge is 0.238 e. The molecule has 0 saturated heterocycles. The van der Waals surface area contributed by atoms with Gasteiger partial charge in [0, 0.05) is 11.3 Å². The quantitative estimate of drug-likeness (QED) is 0.238. The van der Waals surface area contributed by atoms with Crippen LogP contribution in [0.15, 0.2) is 65.7 Å². The highest BCUT2D eigenvalue weighted by Gasteiger charge is 2.53. The number of terminal acetylenes is 1. The van der Waals surface area contributed by atoms with Gasteiger partial charge in [-0.25, -0.2) is 9.98 Å². The summed E-state index contributed by atoms with van der Waals surface area (Å²) in [6.45, 7) is 16.2. The Balaban J connectivity index is 0.00000186. The third-order valence-electron chi connectivity index (χ3n) is 8.19. The Kier molecular flexibility index (Phi) is 9.04. The topological polar surface area (TPSA) is 25.2 Å². The van der Waals surface area contributed by atoms with Gasteiger partial charge in [-0.05, 0) is 78.5 Å². The minimum absolute atomic E-state index is 0.335. The lowest BCUT2D eigenvalue weighted by Gasteiger charge is -2.59. The summed E-state index contributed by atoms with van der Waals surface area (Å²) in [5.41, 5.74) is 7.12. The van der Waals surface area contributed by atoms with E-state index in [1.165, 1.54) is 24.0 Å². The van der Waals surface area contributed by atoms with Crippen LogP contribution in [-0.2, 0) is 0 Å². The molecule has 3 aromatic rings. The van der Waals surface area contributed by atoms with Crippen molar-refractivity contribution in [1.82, 2.24) is 4.98 Å². The maximum atomic E-state index is 6.64. The van der Waals surface area contributed by atoms with Gasteiger partial charge in [0.1, 0.15) is 0 Å². The van der Waals surface area contributed by atoms with E-state index in [1.807, 2.05) is 19.1 Å². The van der Waals surface area contributed by atoms with Crippen LogP contribution < -0.4 is 0 Å². The standard InChI is InChI=1S/C32H39ClN2.C2H2/c1-21(2)32(31(5,6)7)19-24(20-32)18-23(4)34-30-22(3)17-28(33)29(35-30)27-15-13-26(14-16-27)25-11-9-8-10-12-25;1-2/h8-17,21,24H,18-20H2,1-7H3;1-2H. The van der Waals surface area contributed by atoms with Gasteiger partial charge in [-0.1, -0.05) is 101 Å². The van der Waals surface area contributed by atoms with E-state index in [2.05, 4.69) is 103 Å². The van der Waals surface area contributed by atoms with Crippen LogP contribution in [-0.4, -0.2) is 10.7 Å². The average molecular weight is 513 g/mol. The summed E-state index contributed by atoms with van der Waals surface area (Å²) in [7, 11) is 0. The molecule has 4 rings (SSSR count). The molecular formula is C34H41ClN2. The van der Waals surface area contributed by atoms with Crippen molar-refractivity contribution >= 4 is 23.1 Å². The van der Waals surface area contributed by atoms with Crippen LogP contribution in [0.4, 0.5) is 5.82 Å². The Morgan fingerprint density at radius 3 is 2.08 bits per heavy atom. The van der Waals surface area contributed by atoms with Crippen molar-refractivity contribution in [2.24, 2.45) is 27.7 Å². The molecule has 1 aromatic heterocycles. The van der Waals surface area contributed by atoms with Crippen LogP contribution in [0.3, 0.4) is 0 Å². The summed E-state index contributed by atoms with van der Waals surface area (Å²) in [5.74, 6) is 2.18. The normalized spacial score (nSPS) is 19.6. The van der Waals surface area contributed by atoms with Gasteiger partial charge >= 0.3 is 0 Å². The second-order valence-electron chi connectivity index (χ2n) is 11.8. The molecule has 1 aliphatic carbocycles. The molecule has 1 aliphatic rings. The SMILES string of the molecule is C#C.CC(CC1CC(C(C)C)(C(C)(C)C)C1)=Nc1nc(-c2ccc(-c3ccccc3)cc2)c(Cl)cc1C. The van der Waals surface area contributed by atoms with Crippen LogP contribution in [0.1, 0.15) is 66.4 Å². The number of halogens is 1. The summed E-state index contributed by atoms with van der Waals surface area (Å²) >= 11 is 6.64. The van der Waals surface area contributed by atoms with E-state index < -0.39 is 0 Å². The van der Waals surface area contributed by atoms with E-state index in [9.17, 15) is 0 Å². The number of benzene rings is 2. The Hall–Kier alpha value is -2.89. The number of rotatable bonds is 6. The zero-order valence-electron chi connectivity index (χ0n) is 23.5. The van der Waals surface area contributed by atoms with Crippen molar-refractivity contribution in [3.63, 3.8) is 0 Å². The lowest BCUT2D eigenvalue weighted by molar-refractivity contribution is -0.0880. The highest BCUT2D eigenvalue weighted by molar-refractivity contribution is 6.33. The van der Waals surface area contributed by atoms with Crippen molar-refractivity contribution in [3.05, 3.63) is 71.2 Å². The van der Waals surface area contributed by atoms with Crippen molar-refractivity contribution in [1.29, 1.82) is 0 Å². The fourth-order valence-corrected chi connectivity index (χ4v) is 6.36. The molecule has 3 heteroatoms. The number of aliphatic imine (C=N–C) groups is 1. The molecule has 0 aliphatic heterocycles. The van der Waals surface area contributed by atoms with E-state index >= 15 is 0 Å². The van der Waals surface area contributed by atoms with E-state index in [0.717, 1.165) is 34.8 Å². The van der Waals surface area contributed by atoms with Crippen molar-refractivity contribution in [2.75, 3.05) is 0 Å². The number of nitrogens with zero attached hydrogens (tertiary/aromatic N) is 2. The first-order valence-electron chi connectivity index (χ1n) is 13.2. The van der Waals surface area contributed by atoms with Gasteiger partial charge in [0.25, 0.3) is 0 Å². The minimum Gasteiger partial charge on any atom is -0.238 e. The maximum absolute atomic E-state index is 6.64. The predicted octanol–water partition coefficient (Wildman–Crippen LogP) is 10.2. The lowest BCUT2D eigenvalue weighted by atomic mass is 9.46. The molecule has 0 amide bonds. The number of hydrogen-bond donors (Lipinski definition) is 0. The maximum Gasteiger partial charge on any atom is 0.155 e. The van der Waals surface area contributed by atoms with Gasteiger partial charge in [-0.15, -0.1) is 12.8 Å². The minimum atomic E-state index is 0.335. The lowest BCUT2D eigenvalue weighted by Crippen LogP contribution is -2.50. The molecular weight excluding hydrogens is 472 g/mol. The molecule has 0 radical (unpaired) electrons. The highest BCUT2D eigenvalue weighted by Crippen LogP contribution is 2.61. The van der Waals surface area contributed by atoms with Crippen molar-refractivity contribution in [2.45, 2.75) is 67.7 Å². The van der Waals surface area contributed by atoms with Gasteiger partial charge < -0.3 is 0 Å². The molecule has 0 unspecified atom stereocenters. The van der Waals surface area contributed by atoms with E-state index in [1.54, 1.807) is 0 Å². The van der Waals surface area contributed by atoms with Gasteiger partial charge in [-0.3, -0.25) is 0 Å². The van der Waals surface area contributed by atoms with Crippen LogP contribution in [0.5, 0.6) is 0 Å². The fraction of sp³-hybridized carbons (Fsp3) is 0.412. The zero-order valence-corrected chi connectivity index (χ0v) is 24.2. The molecule has 0 atom stereocenters. The smallest absolute Gasteiger partial charge is 0.155 e. The Bertz CT molecular complexity index is 1240. The number of pyridine rings is 1. The average Bonchev–Trinajstić information content (AvgIpc) is 2.83. The molecule has 0 N–H and O–H groups in total. The molecule has 2 aromatic carbocycles. The van der Waals surface area contributed by atoms with Gasteiger partial charge in [0.15, 0.2) is 5.82 Å². The molecule has 1 saturated carbocycles. The van der Waals surface area contributed by atoms with Crippen LogP contribution >= 0.6 is 11.6 Å². The third-order valence-corrected chi connectivity index (χ3v) is 8.48. The molecule has 2 nitrogen and oxygen atoms in total. The highest BCUT2D eigenvalue weighted by atomic mass is 35.5. The zero-order chi connectivity index (χ0) is 27.4. The van der Waals surface area contributed by atoms with Gasteiger partial charge in [-0.2, -0.15) is 0 Å². The Labute approximate surface area is 229 Å². The van der Waals surface area contributed by atoms with Gasteiger partial charge in [0.05, 0.1) is 10.7 Å². The molecule has 1 fully saturated rings. The molecule has 194 valence electrons. The Morgan fingerprint density at radius 1 is 1.00 bits per heavy atom. The third kappa shape index (κ3) is 6.16. The van der Waals surface area contributed by atoms with E-state index in [-0.39, 0.29) is 0 Å². The summed E-state index contributed by atoms with van der Waals surface area (Å²) in [6, 6.07) is 20.8. The summed E-state index contributed by atoms with van der Waals surface area (Å²) in [6.07, 6.45) is 11.6. The summed E-state index contributed by atoms with van der Waals surface area (Å²) in [5, 5.41) is 0.664. The van der Waals surface area contributed by atoms with Gasteiger partial charge in [0.2, 0.25) is 0 Å². The summed E-state index contributed by atoms with van der Waals surface area (Å²) < 4.78 is 0. The Morgan fingerprint density at radius 2 is 1.54 bits per heavy atom. The number of aryl methyl sites for hydroxylation is 1. The molecule has 0 spiro atoms. The monoisotopic (exact) mass is 512 g/mol. The van der Waals surface area contributed by atoms with E-state index in [4.69, 9.17) is 21.6 Å². The predicted molar refractivity (Wildman–Crippen MR) is 162 cm³/mol. The number of aromatic nitrogens is 1. The number of hydrogen-bond acceptors (Lipinski definition) is 2. The molecule has 37 heavy (non-hydrogen) atoms. The first-order chi connectivity index (χ1) is 17.5.